The van der Waals surface area contributed by atoms with Crippen molar-refractivity contribution < 1.29 is 19.1 Å². The molecule has 1 aliphatic rings. The number of carbonyl (C=O) groups excluding carboxylic acids is 2. The van der Waals surface area contributed by atoms with E-state index in [-0.39, 0.29) is 25.7 Å². The highest BCUT2D eigenvalue weighted by molar-refractivity contribution is 5.80. The number of fused-ring (bicyclic) bond motifs is 3. The first-order chi connectivity index (χ1) is 12.1. The third-order valence-electron chi connectivity index (χ3n) is 4.32. The Morgan fingerprint density at radius 1 is 0.960 bits per heavy atom. The molecule has 0 unspecified atom stereocenters. The Bertz CT molecular complexity index is 741. The Morgan fingerprint density at radius 2 is 1.52 bits per heavy atom. The van der Waals surface area contributed by atoms with Crippen molar-refractivity contribution in [2.45, 2.75) is 12.8 Å². The van der Waals surface area contributed by atoms with Crippen LogP contribution < -0.4 is 0 Å². The number of benzene rings is 2. The molecule has 3 rings (SSSR count). The molecule has 0 radical (unpaired) electrons. The van der Waals surface area contributed by atoms with Crippen molar-refractivity contribution in [2.75, 3.05) is 26.8 Å². The molecule has 2 aromatic rings. The summed E-state index contributed by atoms with van der Waals surface area (Å²) in [5.41, 5.74) is 4.67. The first-order valence-electron chi connectivity index (χ1n) is 8.33. The van der Waals surface area contributed by atoms with E-state index in [0.717, 1.165) is 11.1 Å². The third kappa shape index (κ3) is 3.50. The van der Waals surface area contributed by atoms with Gasteiger partial charge in [0.1, 0.15) is 13.2 Å². The fourth-order valence-corrected chi connectivity index (χ4v) is 3.17. The topological polar surface area (TPSA) is 55.8 Å². The van der Waals surface area contributed by atoms with E-state index in [1.54, 1.807) is 6.92 Å². The molecule has 0 heterocycles. The van der Waals surface area contributed by atoms with Crippen molar-refractivity contribution in [1.82, 2.24) is 4.90 Å². The molecule has 0 spiro atoms. The Labute approximate surface area is 147 Å². The summed E-state index contributed by atoms with van der Waals surface area (Å²) in [6.45, 7) is 2.13. The summed E-state index contributed by atoms with van der Waals surface area (Å²) >= 11 is 0. The number of nitrogens with zero attached hydrogens (tertiary/aromatic N) is 1. The van der Waals surface area contributed by atoms with Crippen LogP contribution in [-0.2, 0) is 14.3 Å². The van der Waals surface area contributed by atoms with Gasteiger partial charge < -0.3 is 14.4 Å². The molecule has 0 fully saturated rings. The molecular weight excluding hydrogens is 318 g/mol. The second-order valence-electron chi connectivity index (χ2n) is 5.97. The van der Waals surface area contributed by atoms with Crippen LogP contribution in [-0.4, -0.2) is 43.8 Å². The lowest BCUT2D eigenvalue weighted by Crippen LogP contribution is -2.34. The van der Waals surface area contributed by atoms with E-state index >= 15 is 0 Å². The van der Waals surface area contributed by atoms with Gasteiger partial charge in [-0.15, -0.1) is 0 Å². The molecule has 1 aliphatic carbocycles. The average molecular weight is 339 g/mol. The van der Waals surface area contributed by atoms with Gasteiger partial charge in [-0.2, -0.15) is 0 Å². The number of amides is 1. The van der Waals surface area contributed by atoms with Gasteiger partial charge in [0.15, 0.2) is 0 Å². The highest BCUT2D eigenvalue weighted by atomic mass is 16.6. The fourth-order valence-electron chi connectivity index (χ4n) is 3.17. The van der Waals surface area contributed by atoms with Crippen LogP contribution >= 0.6 is 0 Å². The molecule has 5 heteroatoms. The average Bonchev–Trinajstić information content (AvgIpc) is 2.94. The van der Waals surface area contributed by atoms with Gasteiger partial charge >= 0.3 is 12.1 Å². The molecule has 0 bridgehead atoms. The zero-order valence-corrected chi connectivity index (χ0v) is 14.4. The van der Waals surface area contributed by atoms with E-state index in [0.29, 0.717) is 0 Å². The summed E-state index contributed by atoms with van der Waals surface area (Å²) in [6, 6.07) is 16.3. The van der Waals surface area contributed by atoms with Gasteiger partial charge in [-0.1, -0.05) is 48.5 Å². The zero-order valence-electron chi connectivity index (χ0n) is 14.4. The summed E-state index contributed by atoms with van der Waals surface area (Å²) in [4.78, 5) is 24.9. The van der Waals surface area contributed by atoms with Gasteiger partial charge in [-0.05, 0) is 29.2 Å². The minimum atomic E-state index is -0.532. The minimum Gasteiger partial charge on any atom is -0.465 e. The lowest BCUT2D eigenvalue weighted by molar-refractivity contribution is -0.143. The van der Waals surface area contributed by atoms with E-state index in [1.165, 1.54) is 23.1 Å². The number of carbonyl (C=O) groups is 2. The quantitative estimate of drug-likeness (QED) is 0.783. The van der Waals surface area contributed by atoms with Crippen LogP contribution in [0.25, 0.3) is 11.1 Å². The molecule has 0 saturated carbocycles. The molecule has 1 amide bonds. The third-order valence-corrected chi connectivity index (χ3v) is 4.32. The standard InChI is InChI=1S/C20H21NO4/c1-3-24-19(22)12-21(2)20(23)25-13-18-16-10-6-4-8-14(16)15-9-5-7-11-17(15)18/h4-11,18H,3,12-13H2,1-2H3. The van der Waals surface area contributed by atoms with Crippen molar-refractivity contribution in [3.05, 3.63) is 59.7 Å². The number of rotatable bonds is 5. The molecule has 25 heavy (non-hydrogen) atoms. The predicted octanol–water partition coefficient (Wildman–Crippen LogP) is 3.43. The minimum absolute atomic E-state index is 0.00680. The molecule has 0 N–H and O–H groups in total. The summed E-state index contributed by atoms with van der Waals surface area (Å²) < 4.78 is 10.3. The molecular formula is C20H21NO4. The van der Waals surface area contributed by atoms with Gasteiger partial charge in [0.25, 0.3) is 0 Å². The van der Waals surface area contributed by atoms with E-state index < -0.39 is 12.1 Å². The van der Waals surface area contributed by atoms with Crippen molar-refractivity contribution in [3.8, 4) is 11.1 Å². The number of ether oxygens (including phenoxy) is 2. The number of likely N-dealkylation sites (N-methyl/N-ethyl adjacent to an activating group) is 1. The van der Waals surface area contributed by atoms with Gasteiger partial charge in [-0.3, -0.25) is 4.79 Å². The lowest BCUT2D eigenvalue weighted by atomic mass is 9.98. The van der Waals surface area contributed by atoms with Crippen LogP contribution in [0.1, 0.15) is 24.0 Å². The zero-order chi connectivity index (χ0) is 17.8. The summed E-state index contributed by atoms with van der Waals surface area (Å²) in [7, 11) is 1.52. The number of esters is 1. The van der Waals surface area contributed by atoms with E-state index in [1.807, 2.05) is 24.3 Å². The Hall–Kier alpha value is -2.82. The summed E-state index contributed by atoms with van der Waals surface area (Å²) in [6.07, 6.45) is -0.532. The van der Waals surface area contributed by atoms with Crippen molar-refractivity contribution in [2.24, 2.45) is 0 Å². The van der Waals surface area contributed by atoms with Crippen LogP contribution in [0.4, 0.5) is 4.79 Å². The fraction of sp³-hybridized carbons (Fsp3) is 0.300. The van der Waals surface area contributed by atoms with Crippen LogP contribution in [0, 0.1) is 0 Å². The molecule has 5 nitrogen and oxygen atoms in total. The van der Waals surface area contributed by atoms with E-state index in [9.17, 15) is 9.59 Å². The van der Waals surface area contributed by atoms with Crippen LogP contribution in [0.2, 0.25) is 0 Å². The maximum atomic E-state index is 12.2. The van der Waals surface area contributed by atoms with Crippen LogP contribution in [0.3, 0.4) is 0 Å². The highest BCUT2D eigenvalue weighted by Crippen LogP contribution is 2.44. The maximum Gasteiger partial charge on any atom is 0.410 e. The van der Waals surface area contributed by atoms with Gasteiger partial charge in [0.05, 0.1) is 6.61 Å². The Balaban J connectivity index is 1.69. The largest absolute Gasteiger partial charge is 0.465 e. The second kappa shape index (κ2) is 7.38. The molecule has 0 atom stereocenters. The van der Waals surface area contributed by atoms with Crippen LogP contribution in [0.15, 0.2) is 48.5 Å². The Kier molecular flexibility index (Phi) is 5.03. The monoisotopic (exact) mass is 339 g/mol. The van der Waals surface area contributed by atoms with Crippen molar-refractivity contribution in [3.63, 3.8) is 0 Å². The first-order valence-corrected chi connectivity index (χ1v) is 8.33. The van der Waals surface area contributed by atoms with Gasteiger partial charge in [-0.25, -0.2) is 4.79 Å². The highest BCUT2D eigenvalue weighted by Gasteiger charge is 2.29. The first kappa shape index (κ1) is 17.0. The SMILES string of the molecule is CCOC(=O)CN(C)C(=O)OCC1c2ccccc2-c2ccccc21. The summed E-state index contributed by atoms with van der Waals surface area (Å²) in [5.74, 6) is -0.439. The van der Waals surface area contributed by atoms with Crippen LogP contribution in [0.5, 0.6) is 0 Å². The summed E-state index contributed by atoms with van der Waals surface area (Å²) in [5, 5.41) is 0. The van der Waals surface area contributed by atoms with Gasteiger partial charge in [0, 0.05) is 13.0 Å². The maximum absolute atomic E-state index is 12.2. The molecule has 2 aromatic carbocycles. The second-order valence-corrected chi connectivity index (χ2v) is 5.97. The number of hydrogen-bond acceptors (Lipinski definition) is 4. The smallest absolute Gasteiger partial charge is 0.410 e. The molecule has 130 valence electrons. The van der Waals surface area contributed by atoms with Crippen molar-refractivity contribution in [1.29, 1.82) is 0 Å². The van der Waals surface area contributed by atoms with Crippen molar-refractivity contribution >= 4 is 12.1 Å². The van der Waals surface area contributed by atoms with E-state index in [4.69, 9.17) is 9.47 Å². The molecule has 0 aliphatic heterocycles. The number of hydrogen-bond donors (Lipinski definition) is 0. The normalized spacial score (nSPS) is 12.2. The molecule has 0 aromatic heterocycles. The lowest BCUT2D eigenvalue weighted by Gasteiger charge is -2.19. The Morgan fingerprint density at radius 3 is 2.08 bits per heavy atom. The van der Waals surface area contributed by atoms with E-state index in [2.05, 4.69) is 24.3 Å². The predicted molar refractivity (Wildman–Crippen MR) is 94.3 cm³/mol. The molecule has 0 saturated heterocycles. The van der Waals surface area contributed by atoms with Gasteiger partial charge in [0.2, 0.25) is 0 Å².